The van der Waals surface area contributed by atoms with Gasteiger partial charge in [-0.1, -0.05) is 26.0 Å². The molecule has 4 N–H and O–H groups in total. The Kier molecular flexibility index (Phi) is 5.65. The molecule has 4 heteroatoms. The zero-order chi connectivity index (χ0) is 10.7. The summed E-state index contributed by atoms with van der Waals surface area (Å²) >= 11 is 0. The number of rotatable bonds is 3. The van der Waals surface area contributed by atoms with Crippen LogP contribution in [-0.2, 0) is 0 Å². The highest BCUT2D eigenvalue weighted by Crippen LogP contribution is 2.21. The van der Waals surface area contributed by atoms with Crippen LogP contribution in [0, 0.1) is 5.92 Å². The molecule has 2 atom stereocenters. The molecule has 0 spiro atoms. The number of hydrogen-bond acceptors (Lipinski definition) is 3. The predicted octanol–water partition coefficient (Wildman–Crippen LogP) is 1.83. The van der Waals surface area contributed by atoms with Crippen molar-refractivity contribution in [3.8, 4) is 5.75 Å². The molecule has 1 aromatic carbocycles. The lowest BCUT2D eigenvalue weighted by atomic mass is 9.94. The maximum atomic E-state index is 9.73. The van der Waals surface area contributed by atoms with Crippen molar-refractivity contribution in [1.29, 1.82) is 0 Å². The van der Waals surface area contributed by atoms with Gasteiger partial charge < -0.3 is 15.9 Å². The number of aliphatic hydroxyl groups is 1. The zero-order valence-corrected chi connectivity index (χ0v) is 9.74. The van der Waals surface area contributed by atoms with Gasteiger partial charge >= 0.3 is 0 Å². The molecule has 0 bridgehead atoms. The molecule has 0 saturated heterocycles. The summed E-state index contributed by atoms with van der Waals surface area (Å²) in [4.78, 5) is 0. The summed E-state index contributed by atoms with van der Waals surface area (Å²) in [6.45, 7) is 3.84. The van der Waals surface area contributed by atoms with Crippen molar-refractivity contribution in [1.82, 2.24) is 0 Å². The minimum atomic E-state index is -0.556. The van der Waals surface area contributed by atoms with Crippen LogP contribution in [0.15, 0.2) is 24.3 Å². The van der Waals surface area contributed by atoms with E-state index in [9.17, 15) is 5.11 Å². The van der Waals surface area contributed by atoms with E-state index >= 15 is 0 Å². The second-order valence-electron chi connectivity index (χ2n) is 3.85. The fraction of sp³-hybridized carbons (Fsp3) is 0.455. The van der Waals surface area contributed by atoms with Crippen LogP contribution in [0.25, 0.3) is 0 Å². The first-order valence-electron chi connectivity index (χ1n) is 4.75. The Labute approximate surface area is 96.3 Å². The first-order valence-corrected chi connectivity index (χ1v) is 4.75. The van der Waals surface area contributed by atoms with Gasteiger partial charge in [0.1, 0.15) is 5.75 Å². The second-order valence-corrected chi connectivity index (χ2v) is 3.85. The molecular weight excluding hydrogens is 214 g/mol. The van der Waals surface area contributed by atoms with Gasteiger partial charge in [0.2, 0.25) is 0 Å². The van der Waals surface area contributed by atoms with Gasteiger partial charge in [0, 0.05) is 0 Å². The van der Waals surface area contributed by atoms with Crippen LogP contribution in [0.3, 0.4) is 0 Å². The summed E-state index contributed by atoms with van der Waals surface area (Å²) in [6.07, 6.45) is -0.556. The molecular formula is C11H18ClNO2. The average Bonchev–Trinajstić information content (AvgIpc) is 2.16. The third kappa shape index (κ3) is 3.70. The van der Waals surface area contributed by atoms with Crippen LogP contribution in [0.1, 0.15) is 25.5 Å². The Hall–Kier alpha value is -0.770. The minimum absolute atomic E-state index is 0. The number of aromatic hydroxyl groups is 1. The van der Waals surface area contributed by atoms with E-state index in [1.165, 1.54) is 0 Å². The van der Waals surface area contributed by atoms with Crippen LogP contribution in [0.5, 0.6) is 5.75 Å². The molecule has 0 aliphatic heterocycles. The molecule has 3 nitrogen and oxygen atoms in total. The molecule has 0 amide bonds. The maximum Gasteiger partial charge on any atom is 0.115 e. The summed E-state index contributed by atoms with van der Waals surface area (Å²) < 4.78 is 0. The van der Waals surface area contributed by atoms with E-state index in [0.29, 0.717) is 0 Å². The number of nitrogens with two attached hydrogens (primary N) is 1. The van der Waals surface area contributed by atoms with E-state index in [4.69, 9.17) is 10.8 Å². The lowest BCUT2D eigenvalue weighted by Gasteiger charge is -2.22. The Morgan fingerprint density at radius 2 is 1.60 bits per heavy atom. The zero-order valence-electron chi connectivity index (χ0n) is 8.92. The van der Waals surface area contributed by atoms with E-state index in [1.54, 1.807) is 24.3 Å². The Bertz CT molecular complexity index is 287. The van der Waals surface area contributed by atoms with Crippen LogP contribution < -0.4 is 5.73 Å². The van der Waals surface area contributed by atoms with Crippen molar-refractivity contribution in [2.24, 2.45) is 11.7 Å². The van der Waals surface area contributed by atoms with Crippen LogP contribution in [0.2, 0.25) is 0 Å². The highest BCUT2D eigenvalue weighted by atomic mass is 35.5. The van der Waals surface area contributed by atoms with Crippen molar-refractivity contribution < 1.29 is 10.2 Å². The largest absolute Gasteiger partial charge is 0.508 e. The van der Waals surface area contributed by atoms with Gasteiger partial charge in [-0.25, -0.2) is 0 Å². The quantitative estimate of drug-likeness (QED) is 0.744. The van der Waals surface area contributed by atoms with Gasteiger partial charge in [-0.2, -0.15) is 0 Å². The molecule has 0 aromatic heterocycles. The van der Waals surface area contributed by atoms with Gasteiger partial charge in [-0.3, -0.25) is 0 Å². The molecule has 1 aromatic rings. The van der Waals surface area contributed by atoms with E-state index < -0.39 is 12.1 Å². The van der Waals surface area contributed by atoms with Crippen molar-refractivity contribution in [3.63, 3.8) is 0 Å². The van der Waals surface area contributed by atoms with Crippen molar-refractivity contribution in [2.75, 3.05) is 0 Å². The summed E-state index contributed by atoms with van der Waals surface area (Å²) in [5, 5.41) is 18.8. The fourth-order valence-electron chi connectivity index (χ4n) is 1.31. The Morgan fingerprint density at radius 3 is 2.00 bits per heavy atom. The minimum Gasteiger partial charge on any atom is -0.508 e. The summed E-state index contributed by atoms with van der Waals surface area (Å²) in [5.74, 6) is 0.332. The molecule has 0 radical (unpaired) electrons. The third-order valence-electron chi connectivity index (χ3n) is 2.33. The highest BCUT2D eigenvalue weighted by Gasteiger charge is 2.19. The number of phenolic OH excluding ortho intramolecular Hbond substituents is 1. The first kappa shape index (κ1) is 14.2. The van der Waals surface area contributed by atoms with Crippen molar-refractivity contribution >= 4 is 12.4 Å². The average molecular weight is 232 g/mol. The molecule has 0 fully saturated rings. The summed E-state index contributed by atoms with van der Waals surface area (Å²) in [5.41, 5.74) is 6.69. The topological polar surface area (TPSA) is 66.5 Å². The lowest BCUT2D eigenvalue weighted by Crippen LogP contribution is -2.30. The smallest absolute Gasteiger partial charge is 0.115 e. The summed E-state index contributed by atoms with van der Waals surface area (Å²) in [7, 11) is 0. The third-order valence-corrected chi connectivity index (χ3v) is 2.33. The van der Waals surface area contributed by atoms with Gasteiger partial charge in [-0.15, -0.1) is 12.4 Å². The first-order chi connectivity index (χ1) is 6.52. The number of benzene rings is 1. The van der Waals surface area contributed by atoms with Gasteiger partial charge in [0.25, 0.3) is 0 Å². The maximum absolute atomic E-state index is 9.73. The van der Waals surface area contributed by atoms with E-state index in [0.717, 1.165) is 5.56 Å². The van der Waals surface area contributed by atoms with E-state index in [2.05, 4.69) is 0 Å². The molecule has 0 aliphatic carbocycles. The van der Waals surface area contributed by atoms with Gasteiger partial charge in [0.15, 0.2) is 0 Å². The van der Waals surface area contributed by atoms with E-state index in [1.807, 2.05) is 13.8 Å². The van der Waals surface area contributed by atoms with Crippen molar-refractivity contribution in [3.05, 3.63) is 29.8 Å². The van der Waals surface area contributed by atoms with E-state index in [-0.39, 0.29) is 24.1 Å². The number of phenols is 1. The molecule has 0 heterocycles. The Morgan fingerprint density at radius 1 is 1.13 bits per heavy atom. The summed E-state index contributed by atoms with van der Waals surface area (Å²) in [6, 6.07) is 6.21. The fourth-order valence-corrected chi connectivity index (χ4v) is 1.31. The predicted molar refractivity (Wildman–Crippen MR) is 63.1 cm³/mol. The highest BCUT2D eigenvalue weighted by molar-refractivity contribution is 5.85. The normalized spacial score (nSPS) is 14.5. The standard InChI is InChI=1S/C11H17NO2.ClH/c1-7(2)11(14)10(12)8-3-5-9(13)6-4-8;/h3-7,10-11,13-14H,12H2,1-2H3;1H/t10-,11+;/m0./s1. The van der Waals surface area contributed by atoms with Gasteiger partial charge in [0.05, 0.1) is 12.1 Å². The van der Waals surface area contributed by atoms with Crippen molar-refractivity contribution in [2.45, 2.75) is 26.0 Å². The van der Waals surface area contributed by atoms with Crippen LogP contribution in [0.4, 0.5) is 0 Å². The number of aliphatic hydroxyl groups excluding tert-OH is 1. The molecule has 0 aliphatic rings. The SMILES string of the molecule is CC(C)[C@@H](O)[C@@H](N)c1ccc(O)cc1.Cl. The Balaban J connectivity index is 0.00000196. The van der Waals surface area contributed by atoms with Crippen LogP contribution >= 0.6 is 12.4 Å². The van der Waals surface area contributed by atoms with Gasteiger partial charge in [-0.05, 0) is 23.6 Å². The molecule has 86 valence electrons. The number of halogens is 1. The molecule has 0 unspecified atom stereocenters. The molecule has 1 rings (SSSR count). The second kappa shape index (κ2) is 5.95. The lowest BCUT2D eigenvalue weighted by molar-refractivity contribution is 0.0979. The molecule has 15 heavy (non-hydrogen) atoms. The number of hydrogen-bond donors (Lipinski definition) is 3. The molecule has 0 saturated carbocycles. The monoisotopic (exact) mass is 231 g/mol. The van der Waals surface area contributed by atoms with Crippen LogP contribution in [-0.4, -0.2) is 16.3 Å².